The zero-order chi connectivity index (χ0) is 8.48. The van der Waals surface area contributed by atoms with Crippen molar-refractivity contribution in [2.75, 3.05) is 0 Å². The number of hydrogen-bond acceptors (Lipinski definition) is 2. The van der Waals surface area contributed by atoms with Crippen LogP contribution in [-0.2, 0) is 4.79 Å². The van der Waals surface area contributed by atoms with Crippen LogP contribution in [0.5, 0.6) is 0 Å². The van der Waals surface area contributed by atoms with E-state index in [-0.39, 0.29) is 0 Å². The van der Waals surface area contributed by atoms with E-state index in [0.717, 1.165) is 6.42 Å². The molecule has 0 radical (unpaired) electrons. The lowest BCUT2D eigenvalue weighted by atomic mass is 9.91. The van der Waals surface area contributed by atoms with Gasteiger partial charge in [0.15, 0.2) is 0 Å². The molecule has 2 unspecified atom stereocenters. The molecular weight excluding hydrogens is 144 g/mol. The summed E-state index contributed by atoms with van der Waals surface area (Å²) in [6.07, 6.45) is 3.18. The fraction of sp³-hybridized carbons (Fsp3) is 0.625. The number of aliphatic hydroxyl groups is 1. The molecule has 2 N–H and O–H groups in total. The van der Waals surface area contributed by atoms with E-state index in [2.05, 4.69) is 6.58 Å². The van der Waals surface area contributed by atoms with Crippen molar-refractivity contribution in [2.45, 2.75) is 24.9 Å². The van der Waals surface area contributed by atoms with Crippen LogP contribution in [0.3, 0.4) is 0 Å². The van der Waals surface area contributed by atoms with Crippen LogP contribution in [0.15, 0.2) is 12.7 Å². The first-order valence-corrected chi connectivity index (χ1v) is 3.69. The monoisotopic (exact) mass is 156 g/mol. The fourth-order valence-corrected chi connectivity index (χ4v) is 1.60. The topological polar surface area (TPSA) is 57.5 Å². The number of carboxylic acids is 1. The van der Waals surface area contributed by atoms with E-state index >= 15 is 0 Å². The summed E-state index contributed by atoms with van der Waals surface area (Å²) in [7, 11) is 0. The third kappa shape index (κ3) is 1.28. The van der Waals surface area contributed by atoms with Crippen molar-refractivity contribution in [2.24, 2.45) is 5.92 Å². The minimum atomic E-state index is -1.16. The van der Waals surface area contributed by atoms with Crippen molar-refractivity contribution in [3.05, 3.63) is 12.7 Å². The standard InChI is InChI=1S/C8H12O3/c1-2-8(11)5-3-4-6(8)7(9)10/h2,6,11H,1,3-5H2,(H,9,10). The van der Waals surface area contributed by atoms with Crippen LogP contribution >= 0.6 is 0 Å². The molecule has 0 amide bonds. The Hall–Kier alpha value is -0.830. The number of carboxylic acid groups (broad SMARTS) is 1. The maximum Gasteiger partial charge on any atom is 0.309 e. The molecule has 0 spiro atoms. The van der Waals surface area contributed by atoms with Crippen LogP contribution in [0.1, 0.15) is 19.3 Å². The van der Waals surface area contributed by atoms with Gasteiger partial charge in [-0.05, 0) is 19.3 Å². The zero-order valence-corrected chi connectivity index (χ0v) is 6.29. The summed E-state index contributed by atoms with van der Waals surface area (Å²) in [6.45, 7) is 3.43. The van der Waals surface area contributed by atoms with Crippen LogP contribution in [-0.4, -0.2) is 21.8 Å². The molecule has 1 saturated carbocycles. The Morgan fingerprint density at radius 3 is 2.73 bits per heavy atom. The number of carbonyl (C=O) groups is 1. The third-order valence-corrected chi connectivity index (χ3v) is 2.33. The molecule has 3 heteroatoms. The van der Waals surface area contributed by atoms with Crippen LogP contribution < -0.4 is 0 Å². The van der Waals surface area contributed by atoms with E-state index < -0.39 is 17.5 Å². The lowest BCUT2D eigenvalue weighted by Gasteiger charge is -2.22. The Kier molecular flexibility index (Phi) is 2.00. The minimum Gasteiger partial charge on any atom is -0.481 e. The molecule has 2 atom stereocenters. The maximum absolute atomic E-state index is 10.6. The molecule has 11 heavy (non-hydrogen) atoms. The van der Waals surface area contributed by atoms with Gasteiger partial charge in [-0.3, -0.25) is 4.79 Å². The molecule has 1 fully saturated rings. The summed E-state index contributed by atoms with van der Waals surface area (Å²) in [4.78, 5) is 10.6. The summed E-state index contributed by atoms with van der Waals surface area (Å²) in [5.41, 5.74) is -1.16. The summed E-state index contributed by atoms with van der Waals surface area (Å²) in [5.74, 6) is -1.58. The average Bonchev–Trinajstić information content (AvgIpc) is 2.32. The molecule has 0 heterocycles. The van der Waals surface area contributed by atoms with E-state index in [1.54, 1.807) is 0 Å². The van der Waals surface area contributed by atoms with Gasteiger partial charge in [-0.15, -0.1) is 6.58 Å². The average molecular weight is 156 g/mol. The SMILES string of the molecule is C=CC1(O)CCCC1C(=O)O. The zero-order valence-electron chi connectivity index (χ0n) is 6.29. The molecule has 3 nitrogen and oxygen atoms in total. The number of aliphatic carboxylic acids is 1. The van der Waals surface area contributed by atoms with Gasteiger partial charge in [-0.2, -0.15) is 0 Å². The largest absolute Gasteiger partial charge is 0.481 e. The highest BCUT2D eigenvalue weighted by Gasteiger charge is 2.43. The molecule has 0 aromatic rings. The van der Waals surface area contributed by atoms with Crippen LogP contribution in [0, 0.1) is 5.92 Å². The first-order chi connectivity index (χ1) is 5.10. The van der Waals surface area contributed by atoms with Gasteiger partial charge < -0.3 is 10.2 Å². The van der Waals surface area contributed by atoms with E-state index in [1.807, 2.05) is 0 Å². The first-order valence-electron chi connectivity index (χ1n) is 3.69. The fourth-order valence-electron chi connectivity index (χ4n) is 1.60. The Morgan fingerprint density at radius 2 is 2.36 bits per heavy atom. The normalized spacial score (nSPS) is 37.0. The molecule has 0 bridgehead atoms. The highest BCUT2D eigenvalue weighted by atomic mass is 16.4. The summed E-state index contributed by atoms with van der Waals surface area (Å²) in [6, 6.07) is 0. The molecule has 62 valence electrons. The quantitative estimate of drug-likeness (QED) is 0.581. The van der Waals surface area contributed by atoms with Gasteiger partial charge in [0.2, 0.25) is 0 Å². The van der Waals surface area contributed by atoms with Crippen molar-refractivity contribution in [3.8, 4) is 0 Å². The van der Waals surface area contributed by atoms with Gasteiger partial charge in [0.25, 0.3) is 0 Å². The van der Waals surface area contributed by atoms with Gasteiger partial charge in [0, 0.05) is 0 Å². The predicted octanol–water partition coefficient (Wildman–Crippen LogP) is 0.788. The van der Waals surface area contributed by atoms with Crippen molar-refractivity contribution in [1.82, 2.24) is 0 Å². The second kappa shape index (κ2) is 2.66. The lowest BCUT2D eigenvalue weighted by Crippen LogP contribution is -2.35. The van der Waals surface area contributed by atoms with Gasteiger partial charge >= 0.3 is 5.97 Å². The Morgan fingerprint density at radius 1 is 1.73 bits per heavy atom. The van der Waals surface area contributed by atoms with Gasteiger partial charge in [-0.1, -0.05) is 6.08 Å². The summed E-state index contributed by atoms with van der Waals surface area (Å²) < 4.78 is 0. The molecule has 0 aromatic carbocycles. The van der Waals surface area contributed by atoms with Crippen molar-refractivity contribution in [3.63, 3.8) is 0 Å². The van der Waals surface area contributed by atoms with Crippen molar-refractivity contribution in [1.29, 1.82) is 0 Å². The van der Waals surface area contributed by atoms with Crippen LogP contribution in [0.25, 0.3) is 0 Å². The number of hydrogen-bond donors (Lipinski definition) is 2. The smallest absolute Gasteiger partial charge is 0.309 e. The molecule has 1 aliphatic carbocycles. The van der Waals surface area contributed by atoms with Crippen LogP contribution in [0.4, 0.5) is 0 Å². The Labute approximate surface area is 65.3 Å². The van der Waals surface area contributed by atoms with Crippen molar-refractivity contribution < 1.29 is 15.0 Å². The highest BCUT2D eigenvalue weighted by Crippen LogP contribution is 2.36. The van der Waals surface area contributed by atoms with E-state index in [9.17, 15) is 9.90 Å². The summed E-state index contributed by atoms with van der Waals surface area (Å²) in [5, 5.41) is 18.3. The summed E-state index contributed by atoms with van der Waals surface area (Å²) >= 11 is 0. The predicted molar refractivity (Wildman–Crippen MR) is 40.1 cm³/mol. The molecule has 0 saturated heterocycles. The van der Waals surface area contributed by atoms with Gasteiger partial charge in [0.1, 0.15) is 0 Å². The van der Waals surface area contributed by atoms with Crippen LogP contribution in [0.2, 0.25) is 0 Å². The van der Waals surface area contributed by atoms with E-state index in [4.69, 9.17) is 5.11 Å². The Balaban J connectivity index is 2.80. The molecule has 0 aromatic heterocycles. The third-order valence-electron chi connectivity index (χ3n) is 2.33. The molecule has 0 aliphatic heterocycles. The Bertz CT molecular complexity index is 188. The lowest BCUT2D eigenvalue weighted by molar-refractivity contribution is -0.147. The molecule has 1 rings (SSSR count). The van der Waals surface area contributed by atoms with E-state index in [1.165, 1.54) is 6.08 Å². The maximum atomic E-state index is 10.6. The second-order valence-electron chi connectivity index (χ2n) is 2.98. The van der Waals surface area contributed by atoms with Crippen molar-refractivity contribution >= 4 is 5.97 Å². The minimum absolute atomic E-state index is 0.521. The highest BCUT2D eigenvalue weighted by molar-refractivity contribution is 5.72. The molecular formula is C8H12O3. The van der Waals surface area contributed by atoms with Gasteiger partial charge in [0.05, 0.1) is 11.5 Å². The number of rotatable bonds is 2. The van der Waals surface area contributed by atoms with E-state index in [0.29, 0.717) is 12.8 Å². The first kappa shape index (κ1) is 8.27. The second-order valence-corrected chi connectivity index (χ2v) is 2.98. The molecule has 1 aliphatic rings. The van der Waals surface area contributed by atoms with Gasteiger partial charge in [-0.25, -0.2) is 0 Å².